The Hall–Kier alpha value is -1.88. The van der Waals surface area contributed by atoms with Gasteiger partial charge >= 0.3 is 0 Å². The minimum atomic E-state index is -0.396. The van der Waals surface area contributed by atoms with Gasteiger partial charge in [0.15, 0.2) is 0 Å². The van der Waals surface area contributed by atoms with Gasteiger partial charge in [0.25, 0.3) is 0 Å². The molecule has 1 fully saturated rings. The third-order valence-corrected chi connectivity index (χ3v) is 2.95. The summed E-state index contributed by atoms with van der Waals surface area (Å²) in [5.74, 6) is 0.390. The fourth-order valence-electron chi connectivity index (χ4n) is 2.01. The number of imide groups is 1. The van der Waals surface area contributed by atoms with Crippen LogP contribution >= 0.6 is 0 Å². The summed E-state index contributed by atoms with van der Waals surface area (Å²) in [6.45, 7) is 0.631. The number of nitrogens with one attached hydrogen (secondary N) is 2. The lowest BCUT2D eigenvalue weighted by Crippen LogP contribution is -2.37. The van der Waals surface area contributed by atoms with Crippen LogP contribution in [0.4, 0.5) is 0 Å². The van der Waals surface area contributed by atoms with E-state index in [0.717, 1.165) is 17.7 Å². The zero-order valence-corrected chi connectivity index (χ0v) is 10.2. The summed E-state index contributed by atoms with van der Waals surface area (Å²) in [7, 11) is 1.63. The van der Waals surface area contributed by atoms with Crippen LogP contribution in [-0.2, 0) is 16.0 Å². The van der Waals surface area contributed by atoms with E-state index in [1.807, 2.05) is 24.3 Å². The molecule has 5 nitrogen and oxygen atoms in total. The van der Waals surface area contributed by atoms with Gasteiger partial charge in [0.1, 0.15) is 5.75 Å². The van der Waals surface area contributed by atoms with Crippen LogP contribution in [0.1, 0.15) is 12.0 Å². The summed E-state index contributed by atoms with van der Waals surface area (Å²) in [4.78, 5) is 22.3. The molecule has 0 spiro atoms. The van der Waals surface area contributed by atoms with Gasteiger partial charge in [-0.05, 0) is 18.1 Å². The average Bonchev–Trinajstić information content (AvgIpc) is 2.68. The summed E-state index contributed by atoms with van der Waals surface area (Å²) >= 11 is 0. The van der Waals surface area contributed by atoms with Crippen LogP contribution < -0.4 is 15.4 Å². The van der Waals surface area contributed by atoms with Crippen LogP contribution in [-0.4, -0.2) is 31.5 Å². The first-order chi connectivity index (χ1) is 8.70. The molecule has 96 valence electrons. The molecule has 0 saturated carbocycles. The molecule has 1 heterocycles. The molecule has 1 atom stereocenters. The quantitative estimate of drug-likeness (QED) is 0.733. The normalized spacial score (nSPS) is 18.8. The molecule has 1 unspecified atom stereocenters. The highest BCUT2D eigenvalue weighted by atomic mass is 16.5. The van der Waals surface area contributed by atoms with Crippen molar-refractivity contribution in [1.82, 2.24) is 10.6 Å². The van der Waals surface area contributed by atoms with Crippen molar-refractivity contribution in [2.75, 3.05) is 13.7 Å². The van der Waals surface area contributed by atoms with Crippen molar-refractivity contribution in [3.8, 4) is 5.75 Å². The van der Waals surface area contributed by atoms with E-state index in [4.69, 9.17) is 4.74 Å². The summed E-state index contributed by atoms with van der Waals surface area (Å²) in [5.41, 5.74) is 1.08. The van der Waals surface area contributed by atoms with E-state index >= 15 is 0 Å². The van der Waals surface area contributed by atoms with Crippen molar-refractivity contribution >= 4 is 11.8 Å². The molecule has 0 bridgehead atoms. The monoisotopic (exact) mass is 248 g/mol. The Balaban J connectivity index is 1.85. The number of benzene rings is 1. The first kappa shape index (κ1) is 12.6. The van der Waals surface area contributed by atoms with Crippen LogP contribution in [0.2, 0.25) is 0 Å². The average molecular weight is 248 g/mol. The Morgan fingerprint density at radius 3 is 2.83 bits per heavy atom. The van der Waals surface area contributed by atoms with Gasteiger partial charge in [0.2, 0.25) is 11.8 Å². The van der Waals surface area contributed by atoms with E-state index in [9.17, 15) is 9.59 Å². The molecule has 0 aromatic heterocycles. The number of amides is 2. The van der Waals surface area contributed by atoms with Crippen LogP contribution in [0.25, 0.3) is 0 Å². The Kier molecular flexibility index (Phi) is 3.94. The van der Waals surface area contributed by atoms with E-state index in [-0.39, 0.29) is 18.2 Å². The van der Waals surface area contributed by atoms with Gasteiger partial charge in [-0.1, -0.05) is 18.2 Å². The van der Waals surface area contributed by atoms with Gasteiger partial charge in [0.05, 0.1) is 19.6 Å². The number of carbonyl (C=O) groups is 2. The largest absolute Gasteiger partial charge is 0.496 e. The van der Waals surface area contributed by atoms with E-state index in [0.29, 0.717) is 6.54 Å². The van der Waals surface area contributed by atoms with Gasteiger partial charge in [-0.25, -0.2) is 0 Å². The number of hydrogen-bond donors (Lipinski definition) is 2. The van der Waals surface area contributed by atoms with Crippen molar-refractivity contribution < 1.29 is 14.3 Å². The van der Waals surface area contributed by atoms with E-state index in [2.05, 4.69) is 10.6 Å². The molecule has 0 aliphatic carbocycles. The van der Waals surface area contributed by atoms with E-state index in [1.165, 1.54) is 0 Å². The van der Waals surface area contributed by atoms with Crippen molar-refractivity contribution in [1.29, 1.82) is 0 Å². The predicted molar refractivity (Wildman–Crippen MR) is 66.3 cm³/mol. The molecular weight excluding hydrogens is 232 g/mol. The number of carbonyl (C=O) groups excluding carboxylic acids is 2. The molecule has 1 saturated heterocycles. The second-order valence-corrected chi connectivity index (χ2v) is 4.19. The number of rotatable bonds is 5. The maximum Gasteiger partial charge on any atom is 0.244 e. The lowest BCUT2D eigenvalue weighted by atomic mass is 10.1. The standard InChI is InChI=1S/C13H16N2O3/c1-18-11-5-3-2-4-9(11)6-7-14-10-8-12(16)15-13(10)17/h2-5,10,14H,6-8H2,1H3,(H,15,16,17). The molecule has 5 heteroatoms. The SMILES string of the molecule is COc1ccccc1CCNC1CC(=O)NC1=O. The highest BCUT2D eigenvalue weighted by molar-refractivity contribution is 6.05. The zero-order valence-electron chi connectivity index (χ0n) is 10.2. The molecule has 1 aliphatic heterocycles. The Morgan fingerprint density at radius 2 is 2.17 bits per heavy atom. The topological polar surface area (TPSA) is 67.4 Å². The molecular formula is C13H16N2O3. The predicted octanol–water partition coefficient (Wildman–Crippen LogP) is 0.242. The first-order valence-corrected chi connectivity index (χ1v) is 5.89. The van der Waals surface area contributed by atoms with Crippen LogP contribution in [0.5, 0.6) is 5.75 Å². The molecule has 0 radical (unpaired) electrons. The number of methoxy groups -OCH3 is 1. The number of ether oxygens (including phenoxy) is 1. The summed E-state index contributed by atoms with van der Waals surface area (Å²) in [6.07, 6.45) is 0.979. The van der Waals surface area contributed by atoms with Crippen molar-refractivity contribution in [3.05, 3.63) is 29.8 Å². The Bertz CT molecular complexity index is 459. The molecule has 1 aliphatic rings. The third-order valence-electron chi connectivity index (χ3n) is 2.95. The smallest absolute Gasteiger partial charge is 0.244 e. The highest BCUT2D eigenvalue weighted by Crippen LogP contribution is 2.17. The van der Waals surface area contributed by atoms with Gasteiger partial charge < -0.3 is 10.1 Å². The van der Waals surface area contributed by atoms with Crippen LogP contribution in [0.15, 0.2) is 24.3 Å². The molecule has 2 amide bonds. The molecule has 2 rings (SSSR count). The number of para-hydroxylation sites is 1. The molecule has 1 aromatic rings. The van der Waals surface area contributed by atoms with Gasteiger partial charge in [-0.3, -0.25) is 14.9 Å². The second kappa shape index (κ2) is 5.64. The van der Waals surface area contributed by atoms with Crippen molar-refractivity contribution in [3.63, 3.8) is 0 Å². The van der Waals surface area contributed by atoms with Crippen LogP contribution in [0.3, 0.4) is 0 Å². The Labute approximate surface area is 106 Å². The lowest BCUT2D eigenvalue weighted by molar-refractivity contribution is -0.125. The van der Waals surface area contributed by atoms with Crippen molar-refractivity contribution in [2.24, 2.45) is 0 Å². The minimum Gasteiger partial charge on any atom is -0.496 e. The van der Waals surface area contributed by atoms with Gasteiger partial charge in [0, 0.05) is 6.54 Å². The molecule has 1 aromatic carbocycles. The maximum absolute atomic E-state index is 11.3. The van der Waals surface area contributed by atoms with E-state index in [1.54, 1.807) is 7.11 Å². The van der Waals surface area contributed by atoms with Crippen LogP contribution in [0, 0.1) is 0 Å². The zero-order chi connectivity index (χ0) is 13.0. The minimum absolute atomic E-state index is 0.213. The number of hydrogen-bond acceptors (Lipinski definition) is 4. The fourth-order valence-corrected chi connectivity index (χ4v) is 2.01. The third kappa shape index (κ3) is 2.87. The maximum atomic E-state index is 11.3. The van der Waals surface area contributed by atoms with Gasteiger partial charge in [-0.15, -0.1) is 0 Å². The van der Waals surface area contributed by atoms with Crippen molar-refractivity contribution in [2.45, 2.75) is 18.9 Å². The summed E-state index contributed by atoms with van der Waals surface area (Å²) < 4.78 is 5.24. The summed E-state index contributed by atoms with van der Waals surface area (Å²) in [5, 5.41) is 5.35. The van der Waals surface area contributed by atoms with E-state index < -0.39 is 6.04 Å². The summed E-state index contributed by atoms with van der Waals surface area (Å²) in [6, 6.07) is 7.36. The fraction of sp³-hybridized carbons (Fsp3) is 0.385. The first-order valence-electron chi connectivity index (χ1n) is 5.89. The van der Waals surface area contributed by atoms with Gasteiger partial charge in [-0.2, -0.15) is 0 Å². The molecule has 2 N–H and O–H groups in total. The second-order valence-electron chi connectivity index (χ2n) is 4.19. The lowest BCUT2D eigenvalue weighted by Gasteiger charge is -2.11. The Morgan fingerprint density at radius 1 is 1.39 bits per heavy atom. The molecule has 18 heavy (non-hydrogen) atoms. The highest BCUT2D eigenvalue weighted by Gasteiger charge is 2.29.